The summed E-state index contributed by atoms with van der Waals surface area (Å²) in [7, 11) is 0. The van der Waals surface area contributed by atoms with Crippen LogP contribution in [0.5, 0.6) is 17.2 Å². The van der Waals surface area contributed by atoms with Crippen molar-refractivity contribution >= 4 is 45.7 Å². The quantitative estimate of drug-likeness (QED) is 0.0489. The average molecular weight is 692 g/mol. The molecule has 0 spiro atoms. The fourth-order valence-electron chi connectivity index (χ4n) is 5.97. The van der Waals surface area contributed by atoms with Crippen LogP contribution < -0.4 is 19.1 Å². The number of rotatable bonds is 11. The molecule has 248 valence electrons. The lowest BCUT2D eigenvalue weighted by molar-refractivity contribution is -0.132. The number of benzene rings is 4. The lowest BCUT2D eigenvalue weighted by atomic mass is 9.94. The van der Waals surface area contributed by atoms with Gasteiger partial charge in [0.15, 0.2) is 15.8 Å². The number of carbonyl (C=O) groups excluding carboxylic acids is 2. The normalized spacial score (nSPS) is 18.0. The monoisotopic (exact) mass is 691 g/mol. The van der Waals surface area contributed by atoms with E-state index in [1.165, 1.54) is 28.0 Å². The van der Waals surface area contributed by atoms with Crippen LogP contribution in [0.25, 0.3) is 5.76 Å². The molecular formula is C38H33N3O6S2. The van der Waals surface area contributed by atoms with E-state index in [0.29, 0.717) is 52.4 Å². The van der Waals surface area contributed by atoms with Crippen molar-refractivity contribution in [1.29, 1.82) is 0 Å². The molecule has 9 nitrogen and oxygen atoms in total. The van der Waals surface area contributed by atoms with E-state index in [1.54, 1.807) is 30.3 Å². The largest absolute Gasteiger partial charge is 0.507 e. The third-order valence-corrected chi connectivity index (χ3v) is 10.4. The van der Waals surface area contributed by atoms with Crippen LogP contribution in [0.1, 0.15) is 47.7 Å². The molecule has 5 aromatic rings. The zero-order valence-electron chi connectivity index (χ0n) is 26.9. The maximum Gasteiger partial charge on any atom is 0.301 e. The van der Waals surface area contributed by atoms with Gasteiger partial charge in [-0.1, -0.05) is 89.8 Å². The van der Waals surface area contributed by atoms with E-state index in [-0.39, 0.29) is 22.6 Å². The topological polar surface area (TPSA) is 111 Å². The molecule has 2 aliphatic heterocycles. The van der Waals surface area contributed by atoms with E-state index in [9.17, 15) is 14.7 Å². The Morgan fingerprint density at radius 2 is 1.69 bits per heavy atom. The zero-order chi connectivity index (χ0) is 33.9. The van der Waals surface area contributed by atoms with Gasteiger partial charge in [0.05, 0.1) is 18.2 Å². The van der Waals surface area contributed by atoms with E-state index in [2.05, 4.69) is 10.2 Å². The Labute approximate surface area is 292 Å². The van der Waals surface area contributed by atoms with Crippen molar-refractivity contribution in [3.05, 3.63) is 130 Å². The second-order valence-electron chi connectivity index (χ2n) is 11.7. The number of carbonyl (C=O) groups is 2. The molecule has 0 aliphatic carbocycles. The molecule has 2 atom stereocenters. The highest BCUT2D eigenvalue weighted by molar-refractivity contribution is 8.00. The Bertz CT molecular complexity index is 2030. The molecule has 49 heavy (non-hydrogen) atoms. The molecular weight excluding hydrogens is 659 g/mol. The van der Waals surface area contributed by atoms with Gasteiger partial charge in [0.25, 0.3) is 5.78 Å². The molecule has 1 saturated heterocycles. The number of Topliss-reactive ketones (excluding diaryl/α,β-unsaturated/α-hetero) is 1. The highest BCUT2D eigenvalue weighted by Crippen LogP contribution is 2.46. The molecule has 11 heteroatoms. The van der Waals surface area contributed by atoms with Crippen LogP contribution in [0.2, 0.25) is 0 Å². The molecule has 1 fully saturated rings. The van der Waals surface area contributed by atoms with Gasteiger partial charge in [-0.05, 0) is 66.4 Å². The van der Waals surface area contributed by atoms with E-state index < -0.39 is 17.7 Å². The first-order valence-corrected chi connectivity index (χ1v) is 17.7. The number of aliphatic hydroxyl groups excluding tert-OH is 1. The summed E-state index contributed by atoms with van der Waals surface area (Å²) in [5, 5.41) is 20.7. The van der Waals surface area contributed by atoms with Crippen LogP contribution in [-0.4, -0.2) is 39.7 Å². The van der Waals surface area contributed by atoms with Gasteiger partial charge in [-0.15, -0.1) is 10.2 Å². The van der Waals surface area contributed by atoms with Crippen molar-refractivity contribution in [2.75, 3.05) is 11.5 Å². The van der Waals surface area contributed by atoms with Crippen molar-refractivity contribution in [3.8, 4) is 17.2 Å². The summed E-state index contributed by atoms with van der Waals surface area (Å²) in [5.41, 5.74) is 3.95. The fourth-order valence-corrected chi connectivity index (χ4v) is 7.79. The SMILES string of the molecule is CCOc1cc([C@H]2C(=C(O)c3ccc4c(c3)C[C@H](C)O4)C(=O)C(=O)N2c2nnc(SCc3ccccc3)s2)ccc1OCc1ccccc1. The first-order chi connectivity index (χ1) is 23.9. The fraction of sp³-hybridized carbons (Fsp3) is 0.211. The number of thioether (sulfide) groups is 1. The molecule has 0 saturated carbocycles. The van der Waals surface area contributed by atoms with Crippen molar-refractivity contribution in [1.82, 2.24) is 10.2 Å². The lowest BCUT2D eigenvalue weighted by Gasteiger charge is -2.24. The molecule has 1 amide bonds. The van der Waals surface area contributed by atoms with Crippen molar-refractivity contribution in [2.45, 2.75) is 49.1 Å². The van der Waals surface area contributed by atoms with Crippen LogP contribution in [0.3, 0.4) is 0 Å². The van der Waals surface area contributed by atoms with E-state index in [0.717, 1.165) is 22.4 Å². The Hall–Kier alpha value is -5.13. The molecule has 0 unspecified atom stereocenters. The van der Waals surface area contributed by atoms with Crippen molar-refractivity contribution in [3.63, 3.8) is 0 Å². The summed E-state index contributed by atoms with van der Waals surface area (Å²) in [6.45, 7) is 4.53. The smallest absolute Gasteiger partial charge is 0.301 e. The second kappa shape index (κ2) is 14.2. The Morgan fingerprint density at radius 3 is 2.45 bits per heavy atom. The average Bonchev–Trinajstić information content (AvgIpc) is 3.82. The molecule has 1 N–H and O–H groups in total. The Kier molecular flexibility index (Phi) is 9.36. The van der Waals surface area contributed by atoms with E-state index >= 15 is 0 Å². The number of aromatic nitrogens is 2. The van der Waals surface area contributed by atoms with Gasteiger partial charge in [-0.25, -0.2) is 0 Å². The summed E-state index contributed by atoms with van der Waals surface area (Å²) in [6.07, 6.45) is 0.675. The molecule has 7 rings (SSSR count). The number of ether oxygens (including phenoxy) is 3. The molecule has 0 bridgehead atoms. The van der Waals surface area contributed by atoms with Gasteiger partial charge >= 0.3 is 5.91 Å². The van der Waals surface area contributed by atoms with Gasteiger partial charge in [0.2, 0.25) is 5.13 Å². The standard InChI is InChI=1S/C38H33N3O6S2/c1-3-45-31-20-26(14-17-30(31)46-21-24-10-6-4-7-11-24)33-32(34(42)27-15-16-29-28(19-27)18-23(2)47-29)35(43)36(44)41(33)37-39-40-38(49-37)48-22-25-12-8-5-9-13-25/h4-17,19-20,23,33,42H,3,18,21-22H2,1-2H3/t23-,33-/m0/s1. The highest BCUT2D eigenvalue weighted by Gasteiger charge is 2.48. The van der Waals surface area contributed by atoms with Gasteiger partial charge in [-0.2, -0.15) is 0 Å². The molecule has 1 aromatic heterocycles. The minimum atomic E-state index is -1.01. The summed E-state index contributed by atoms with van der Waals surface area (Å²) in [4.78, 5) is 29.1. The molecule has 0 radical (unpaired) electrons. The maximum absolute atomic E-state index is 13.9. The first-order valence-electron chi connectivity index (χ1n) is 15.9. The van der Waals surface area contributed by atoms with Crippen LogP contribution in [0.15, 0.2) is 107 Å². The minimum Gasteiger partial charge on any atom is -0.507 e. The predicted molar refractivity (Wildman–Crippen MR) is 189 cm³/mol. The number of ketones is 1. The third-order valence-electron chi connectivity index (χ3n) is 8.24. The highest BCUT2D eigenvalue weighted by atomic mass is 32.2. The van der Waals surface area contributed by atoms with Crippen molar-refractivity contribution < 1.29 is 28.9 Å². The first kappa shape index (κ1) is 32.4. The van der Waals surface area contributed by atoms with Crippen LogP contribution in [0.4, 0.5) is 5.13 Å². The minimum absolute atomic E-state index is 0.00365. The number of anilines is 1. The summed E-state index contributed by atoms with van der Waals surface area (Å²) >= 11 is 2.71. The Morgan fingerprint density at radius 1 is 0.939 bits per heavy atom. The van der Waals surface area contributed by atoms with E-state index in [4.69, 9.17) is 14.2 Å². The summed E-state index contributed by atoms with van der Waals surface area (Å²) in [5.74, 6) is 0.463. The van der Waals surface area contributed by atoms with Crippen LogP contribution in [-0.2, 0) is 28.4 Å². The van der Waals surface area contributed by atoms with Gasteiger partial charge in [-0.3, -0.25) is 14.5 Å². The van der Waals surface area contributed by atoms with Crippen LogP contribution in [0, 0.1) is 0 Å². The number of amides is 1. The van der Waals surface area contributed by atoms with Crippen LogP contribution >= 0.6 is 23.1 Å². The summed E-state index contributed by atoms with van der Waals surface area (Å²) in [6, 6.07) is 29.4. The predicted octanol–water partition coefficient (Wildman–Crippen LogP) is 7.76. The third kappa shape index (κ3) is 6.77. The summed E-state index contributed by atoms with van der Waals surface area (Å²) < 4.78 is 18.6. The number of aliphatic hydroxyl groups is 1. The number of hydrogen-bond donors (Lipinski definition) is 1. The second-order valence-corrected chi connectivity index (χ2v) is 13.8. The number of fused-ring (bicyclic) bond motifs is 1. The number of hydrogen-bond acceptors (Lipinski definition) is 10. The van der Waals surface area contributed by atoms with Gasteiger partial charge in [0, 0.05) is 17.7 Å². The number of nitrogens with zero attached hydrogens (tertiary/aromatic N) is 3. The zero-order valence-corrected chi connectivity index (χ0v) is 28.5. The van der Waals surface area contributed by atoms with Gasteiger partial charge in [0.1, 0.15) is 24.2 Å². The van der Waals surface area contributed by atoms with E-state index in [1.807, 2.05) is 80.6 Å². The van der Waals surface area contributed by atoms with Crippen molar-refractivity contribution in [2.24, 2.45) is 0 Å². The molecule has 3 heterocycles. The molecule has 2 aliphatic rings. The van der Waals surface area contributed by atoms with Gasteiger partial charge < -0.3 is 19.3 Å². The maximum atomic E-state index is 13.9. The Balaban J connectivity index is 1.28. The molecule has 4 aromatic carbocycles. The lowest BCUT2D eigenvalue weighted by Crippen LogP contribution is -2.29.